The van der Waals surface area contributed by atoms with E-state index < -0.39 is 0 Å². The van der Waals surface area contributed by atoms with Gasteiger partial charge in [0.25, 0.3) is 0 Å². The van der Waals surface area contributed by atoms with Crippen LogP contribution in [-0.2, 0) is 7.05 Å². The fraction of sp³-hybridized carbons (Fsp3) is 0.444. The second kappa shape index (κ2) is 3.25. The zero-order valence-electron chi connectivity index (χ0n) is 8.31. The van der Waals surface area contributed by atoms with Crippen molar-refractivity contribution < 1.29 is 0 Å². The van der Waals surface area contributed by atoms with Gasteiger partial charge in [-0.15, -0.1) is 0 Å². The van der Waals surface area contributed by atoms with Gasteiger partial charge in [0.2, 0.25) is 0 Å². The summed E-state index contributed by atoms with van der Waals surface area (Å²) in [6.07, 6.45) is 4.85. The Bertz CT molecular complexity index is 379. The molecular formula is C9H13N5. The SMILES string of the molecule is CCN1C=NC(C=N)c2ncn(C)c21. The molecule has 74 valence electrons. The molecule has 5 heteroatoms. The van der Waals surface area contributed by atoms with Crippen LogP contribution in [0.25, 0.3) is 0 Å². The first kappa shape index (κ1) is 8.93. The number of imidazole rings is 1. The molecule has 0 saturated carbocycles. The van der Waals surface area contributed by atoms with Crippen LogP contribution in [-0.4, -0.2) is 28.6 Å². The molecule has 1 atom stereocenters. The van der Waals surface area contributed by atoms with Crippen molar-refractivity contribution in [1.29, 1.82) is 5.41 Å². The summed E-state index contributed by atoms with van der Waals surface area (Å²) in [5, 5.41) is 7.25. The molecule has 0 radical (unpaired) electrons. The van der Waals surface area contributed by atoms with E-state index in [0.717, 1.165) is 18.1 Å². The lowest BCUT2D eigenvalue weighted by Crippen LogP contribution is -2.28. The zero-order valence-corrected chi connectivity index (χ0v) is 8.31. The van der Waals surface area contributed by atoms with Crippen molar-refractivity contribution >= 4 is 18.4 Å². The van der Waals surface area contributed by atoms with Crippen LogP contribution in [0, 0.1) is 5.41 Å². The smallest absolute Gasteiger partial charge is 0.139 e. The summed E-state index contributed by atoms with van der Waals surface area (Å²) < 4.78 is 1.96. The van der Waals surface area contributed by atoms with Gasteiger partial charge in [-0.1, -0.05) is 0 Å². The minimum Gasteiger partial charge on any atom is -0.320 e. The molecule has 1 N–H and O–H groups in total. The van der Waals surface area contributed by atoms with E-state index in [1.165, 1.54) is 6.21 Å². The van der Waals surface area contributed by atoms with Crippen LogP contribution in [0.15, 0.2) is 11.3 Å². The van der Waals surface area contributed by atoms with Crippen LogP contribution >= 0.6 is 0 Å². The van der Waals surface area contributed by atoms with Gasteiger partial charge >= 0.3 is 0 Å². The van der Waals surface area contributed by atoms with Gasteiger partial charge in [0.15, 0.2) is 0 Å². The van der Waals surface area contributed by atoms with E-state index in [0.29, 0.717) is 0 Å². The molecule has 0 amide bonds. The average molecular weight is 191 g/mol. The van der Waals surface area contributed by atoms with Gasteiger partial charge < -0.3 is 14.9 Å². The number of aryl methyl sites for hydroxylation is 1. The maximum atomic E-state index is 7.25. The fourth-order valence-electron chi connectivity index (χ4n) is 1.63. The molecule has 1 aromatic rings. The van der Waals surface area contributed by atoms with Crippen molar-refractivity contribution in [2.24, 2.45) is 12.0 Å². The molecule has 0 fully saturated rings. The highest BCUT2D eigenvalue weighted by Gasteiger charge is 2.23. The van der Waals surface area contributed by atoms with Gasteiger partial charge in [-0.25, -0.2) is 4.98 Å². The Morgan fingerprint density at radius 3 is 3.07 bits per heavy atom. The van der Waals surface area contributed by atoms with Gasteiger partial charge in [-0.2, -0.15) is 0 Å². The lowest BCUT2D eigenvalue weighted by atomic mass is 10.2. The minimum atomic E-state index is -0.214. The zero-order chi connectivity index (χ0) is 10.1. The topological polar surface area (TPSA) is 57.3 Å². The first-order valence-electron chi connectivity index (χ1n) is 4.59. The Balaban J connectivity index is 2.51. The summed E-state index contributed by atoms with van der Waals surface area (Å²) >= 11 is 0. The van der Waals surface area contributed by atoms with Gasteiger partial charge in [0, 0.05) is 19.8 Å². The van der Waals surface area contributed by atoms with E-state index in [1.54, 1.807) is 12.7 Å². The third-order valence-corrected chi connectivity index (χ3v) is 2.35. The summed E-state index contributed by atoms with van der Waals surface area (Å²) in [5.41, 5.74) is 0.867. The number of aromatic nitrogens is 2. The molecule has 0 aliphatic carbocycles. The molecule has 14 heavy (non-hydrogen) atoms. The predicted molar refractivity (Wildman–Crippen MR) is 56.2 cm³/mol. The summed E-state index contributed by atoms with van der Waals surface area (Å²) in [6, 6.07) is -0.214. The molecule has 1 unspecified atom stereocenters. The molecule has 0 saturated heterocycles. The standard InChI is InChI=1S/C9H13N5/c1-3-14-6-11-7(4-10)8-9(14)13(2)5-12-8/h4-7,10H,3H2,1-2H3. The maximum absolute atomic E-state index is 7.25. The summed E-state index contributed by atoms with van der Waals surface area (Å²) in [5.74, 6) is 1.04. The Morgan fingerprint density at radius 1 is 1.64 bits per heavy atom. The van der Waals surface area contributed by atoms with Crippen molar-refractivity contribution in [3.63, 3.8) is 0 Å². The Morgan fingerprint density at radius 2 is 2.43 bits per heavy atom. The first-order chi connectivity index (χ1) is 6.77. The van der Waals surface area contributed by atoms with Crippen LogP contribution in [0.5, 0.6) is 0 Å². The van der Waals surface area contributed by atoms with E-state index in [2.05, 4.69) is 16.9 Å². The van der Waals surface area contributed by atoms with Crippen molar-refractivity contribution in [1.82, 2.24) is 9.55 Å². The summed E-state index contributed by atoms with van der Waals surface area (Å²) in [4.78, 5) is 10.5. The van der Waals surface area contributed by atoms with E-state index in [4.69, 9.17) is 5.41 Å². The number of aliphatic imine (C=N–C) groups is 1. The van der Waals surface area contributed by atoms with Crippen LogP contribution < -0.4 is 4.90 Å². The second-order valence-electron chi connectivity index (χ2n) is 3.23. The Kier molecular flexibility index (Phi) is 2.07. The third kappa shape index (κ3) is 1.13. The van der Waals surface area contributed by atoms with Gasteiger partial charge in [-0.05, 0) is 6.92 Å². The Labute approximate surface area is 82.6 Å². The highest BCUT2D eigenvalue weighted by atomic mass is 15.3. The molecule has 0 spiro atoms. The fourth-order valence-corrected chi connectivity index (χ4v) is 1.63. The second-order valence-corrected chi connectivity index (χ2v) is 3.23. The minimum absolute atomic E-state index is 0.214. The van der Waals surface area contributed by atoms with Crippen LogP contribution in [0.1, 0.15) is 18.7 Å². The number of fused-ring (bicyclic) bond motifs is 1. The van der Waals surface area contributed by atoms with Gasteiger partial charge in [-0.3, -0.25) is 4.99 Å². The molecule has 0 bridgehead atoms. The van der Waals surface area contributed by atoms with Crippen LogP contribution in [0.4, 0.5) is 5.82 Å². The molecule has 2 rings (SSSR count). The molecule has 1 aromatic heterocycles. The molecule has 5 nitrogen and oxygen atoms in total. The highest BCUT2D eigenvalue weighted by Crippen LogP contribution is 2.28. The summed E-state index contributed by atoms with van der Waals surface area (Å²) in [7, 11) is 1.95. The molecule has 1 aliphatic rings. The van der Waals surface area contributed by atoms with Gasteiger partial charge in [0.05, 0.1) is 12.7 Å². The number of rotatable bonds is 2. The van der Waals surface area contributed by atoms with Crippen LogP contribution in [0.2, 0.25) is 0 Å². The van der Waals surface area contributed by atoms with Crippen molar-refractivity contribution in [3.8, 4) is 0 Å². The lowest BCUT2D eigenvalue weighted by molar-refractivity contribution is 0.841. The Hall–Kier alpha value is -1.65. The van der Waals surface area contributed by atoms with Gasteiger partial charge in [0.1, 0.15) is 17.6 Å². The third-order valence-electron chi connectivity index (χ3n) is 2.35. The number of nitrogens with one attached hydrogen (secondary N) is 1. The van der Waals surface area contributed by atoms with Crippen LogP contribution in [0.3, 0.4) is 0 Å². The number of hydrogen-bond donors (Lipinski definition) is 1. The molecule has 1 aliphatic heterocycles. The first-order valence-corrected chi connectivity index (χ1v) is 4.59. The number of nitrogens with zero attached hydrogens (tertiary/aromatic N) is 4. The van der Waals surface area contributed by atoms with E-state index in [9.17, 15) is 0 Å². The number of anilines is 1. The number of hydrogen-bond acceptors (Lipinski definition) is 4. The summed E-state index contributed by atoms with van der Waals surface area (Å²) in [6.45, 7) is 2.92. The molecule has 0 aromatic carbocycles. The predicted octanol–water partition coefficient (Wildman–Crippen LogP) is 0.979. The monoisotopic (exact) mass is 191 g/mol. The van der Waals surface area contributed by atoms with Crippen molar-refractivity contribution in [3.05, 3.63) is 12.0 Å². The van der Waals surface area contributed by atoms with E-state index in [-0.39, 0.29) is 6.04 Å². The van der Waals surface area contributed by atoms with Crippen molar-refractivity contribution in [2.75, 3.05) is 11.4 Å². The molecule has 2 heterocycles. The quantitative estimate of drug-likeness (QED) is 0.708. The lowest BCUT2D eigenvalue weighted by Gasteiger charge is -2.24. The van der Waals surface area contributed by atoms with Crippen molar-refractivity contribution in [2.45, 2.75) is 13.0 Å². The van der Waals surface area contributed by atoms with E-state index >= 15 is 0 Å². The largest absolute Gasteiger partial charge is 0.320 e. The average Bonchev–Trinajstić information content (AvgIpc) is 2.60. The molecular weight excluding hydrogens is 178 g/mol. The highest BCUT2D eigenvalue weighted by molar-refractivity contribution is 5.85. The van der Waals surface area contributed by atoms with E-state index in [1.807, 2.05) is 16.5 Å². The normalized spacial score (nSPS) is 19.6. The maximum Gasteiger partial charge on any atom is 0.139 e.